The molecule has 1 unspecified atom stereocenters. The zero-order valence-electron chi connectivity index (χ0n) is 10.3. The van der Waals surface area contributed by atoms with Crippen LogP contribution in [0, 0.1) is 0 Å². The quantitative estimate of drug-likeness (QED) is 0.822. The molecule has 0 aromatic heterocycles. The van der Waals surface area contributed by atoms with Gasteiger partial charge < -0.3 is 10.6 Å². The molecule has 1 aromatic carbocycles. The Bertz CT molecular complexity index is 571. The molecule has 1 saturated heterocycles. The number of carbonyl (C=O) groups is 1. The number of benzene rings is 1. The van der Waals surface area contributed by atoms with E-state index in [-0.39, 0.29) is 18.9 Å². The summed E-state index contributed by atoms with van der Waals surface area (Å²) in [6, 6.07) is 7.09. The summed E-state index contributed by atoms with van der Waals surface area (Å²) in [5.41, 5.74) is 7.05. The number of nitrogens with two attached hydrogens (primary N) is 1. The van der Waals surface area contributed by atoms with E-state index in [1.807, 2.05) is 12.1 Å². The number of amides is 1. The summed E-state index contributed by atoms with van der Waals surface area (Å²) in [6.07, 6.45) is 0.430. The molecule has 0 spiro atoms. The Morgan fingerprint density at radius 3 is 2.42 bits per heavy atom. The number of rotatable bonds is 4. The van der Waals surface area contributed by atoms with Crippen molar-refractivity contribution in [3.63, 3.8) is 0 Å². The van der Waals surface area contributed by atoms with Crippen molar-refractivity contribution in [2.24, 2.45) is 5.73 Å². The van der Waals surface area contributed by atoms with Crippen molar-refractivity contribution in [2.45, 2.75) is 18.1 Å². The lowest BCUT2D eigenvalue weighted by Crippen LogP contribution is -2.26. The Morgan fingerprint density at radius 1 is 1.32 bits per heavy atom. The lowest BCUT2D eigenvalue weighted by Gasteiger charge is -2.16. The van der Waals surface area contributed by atoms with Crippen LogP contribution in [-0.4, -0.2) is 32.7 Å². The van der Waals surface area contributed by atoms with Gasteiger partial charge >= 0.3 is 10.2 Å². The minimum atomic E-state index is -4.67. The number of halogens is 1. The topological polar surface area (TPSA) is 80.5 Å². The molecule has 2 N–H and O–H groups in total. The van der Waals surface area contributed by atoms with E-state index in [0.29, 0.717) is 12.2 Å². The van der Waals surface area contributed by atoms with Gasteiger partial charge in [-0.2, -0.15) is 8.42 Å². The van der Waals surface area contributed by atoms with Crippen molar-refractivity contribution in [2.75, 3.05) is 18.0 Å². The maximum Gasteiger partial charge on any atom is 0.307 e. The molecular formula is C12H15FN2O3S. The molecule has 1 aromatic rings. The second-order valence-corrected chi connectivity index (χ2v) is 6.13. The van der Waals surface area contributed by atoms with Crippen LogP contribution in [0.2, 0.25) is 0 Å². The average Bonchev–Trinajstić information content (AvgIpc) is 2.73. The molecule has 19 heavy (non-hydrogen) atoms. The fourth-order valence-corrected chi connectivity index (χ4v) is 2.79. The van der Waals surface area contributed by atoms with Gasteiger partial charge in [-0.15, -0.1) is 3.89 Å². The minimum Gasteiger partial charge on any atom is -0.330 e. The fourth-order valence-electron chi connectivity index (χ4n) is 2.12. The van der Waals surface area contributed by atoms with Crippen molar-refractivity contribution < 1.29 is 17.1 Å². The van der Waals surface area contributed by atoms with Gasteiger partial charge in [0, 0.05) is 18.7 Å². The van der Waals surface area contributed by atoms with Crippen LogP contribution >= 0.6 is 0 Å². The Labute approximate surface area is 111 Å². The first-order valence-electron chi connectivity index (χ1n) is 5.94. The molecule has 1 heterocycles. The molecule has 5 nitrogen and oxygen atoms in total. The van der Waals surface area contributed by atoms with Crippen molar-refractivity contribution in [3.05, 3.63) is 29.8 Å². The lowest BCUT2D eigenvalue weighted by atomic mass is 10.1. The summed E-state index contributed by atoms with van der Waals surface area (Å²) in [5.74, 6) is -0.377. The van der Waals surface area contributed by atoms with E-state index in [4.69, 9.17) is 5.73 Å². The van der Waals surface area contributed by atoms with E-state index in [2.05, 4.69) is 0 Å². The van der Waals surface area contributed by atoms with Crippen LogP contribution < -0.4 is 10.6 Å². The van der Waals surface area contributed by atoms with Crippen LogP contribution in [0.3, 0.4) is 0 Å². The maximum absolute atomic E-state index is 12.9. The first-order valence-corrected chi connectivity index (χ1v) is 7.39. The summed E-state index contributed by atoms with van der Waals surface area (Å²) in [7, 11) is -4.67. The number of anilines is 1. The van der Waals surface area contributed by atoms with Gasteiger partial charge in [-0.25, -0.2) is 0 Å². The smallest absolute Gasteiger partial charge is 0.307 e. The van der Waals surface area contributed by atoms with E-state index in [1.54, 1.807) is 12.1 Å². The highest BCUT2D eigenvalue weighted by Gasteiger charge is 2.38. The standard InChI is InChI=1S/C12H15FN2O3S/c13-19(17,18)11-7-12(16)15(8-11)10-3-1-9(2-4-10)5-6-14/h1-4,11H,5-8,14H2. The molecule has 2 rings (SSSR count). The largest absolute Gasteiger partial charge is 0.330 e. The van der Waals surface area contributed by atoms with E-state index < -0.39 is 15.5 Å². The van der Waals surface area contributed by atoms with E-state index in [1.165, 1.54) is 4.90 Å². The molecule has 0 saturated carbocycles. The van der Waals surface area contributed by atoms with Gasteiger partial charge in [-0.3, -0.25) is 4.79 Å². The molecule has 0 radical (unpaired) electrons. The number of hydrogen-bond acceptors (Lipinski definition) is 4. The van der Waals surface area contributed by atoms with E-state index in [0.717, 1.165) is 12.0 Å². The van der Waals surface area contributed by atoms with Gasteiger partial charge in [0.05, 0.1) is 0 Å². The molecule has 0 bridgehead atoms. The van der Waals surface area contributed by atoms with E-state index in [9.17, 15) is 17.1 Å². The number of nitrogens with zero attached hydrogens (tertiary/aromatic N) is 1. The van der Waals surface area contributed by atoms with Gasteiger partial charge in [0.2, 0.25) is 5.91 Å². The minimum absolute atomic E-state index is 0.131. The lowest BCUT2D eigenvalue weighted by molar-refractivity contribution is -0.117. The van der Waals surface area contributed by atoms with Crippen molar-refractivity contribution in [1.29, 1.82) is 0 Å². The molecule has 104 valence electrons. The second kappa shape index (κ2) is 5.26. The Kier molecular flexibility index (Phi) is 3.86. The average molecular weight is 286 g/mol. The Morgan fingerprint density at radius 2 is 1.95 bits per heavy atom. The molecule has 0 aliphatic carbocycles. The third-order valence-corrected chi connectivity index (χ3v) is 4.28. The van der Waals surface area contributed by atoms with Gasteiger partial charge in [-0.05, 0) is 30.7 Å². The van der Waals surface area contributed by atoms with Crippen LogP contribution in [-0.2, 0) is 21.4 Å². The zero-order valence-corrected chi connectivity index (χ0v) is 11.1. The van der Waals surface area contributed by atoms with Gasteiger partial charge in [0.1, 0.15) is 5.25 Å². The van der Waals surface area contributed by atoms with E-state index >= 15 is 0 Å². The van der Waals surface area contributed by atoms with Gasteiger partial charge in [-0.1, -0.05) is 12.1 Å². The van der Waals surface area contributed by atoms with Crippen LogP contribution in [0.1, 0.15) is 12.0 Å². The van der Waals surface area contributed by atoms with Crippen molar-refractivity contribution >= 4 is 21.8 Å². The van der Waals surface area contributed by atoms with Crippen molar-refractivity contribution in [3.8, 4) is 0 Å². The van der Waals surface area contributed by atoms with Crippen LogP contribution in [0.25, 0.3) is 0 Å². The molecule has 1 aliphatic rings. The van der Waals surface area contributed by atoms with Gasteiger partial charge in [0.25, 0.3) is 0 Å². The van der Waals surface area contributed by atoms with Crippen LogP contribution in [0.15, 0.2) is 24.3 Å². The molecule has 1 amide bonds. The normalized spacial score (nSPS) is 20.0. The number of carbonyl (C=O) groups excluding carboxylic acids is 1. The maximum atomic E-state index is 12.9. The molecule has 1 fully saturated rings. The molecule has 1 aliphatic heterocycles. The Hall–Kier alpha value is -1.47. The third kappa shape index (κ3) is 3.10. The zero-order chi connectivity index (χ0) is 14.0. The van der Waals surface area contributed by atoms with Crippen LogP contribution in [0.5, 0.6) is 0 Å². The van der Waals surface area contributed by atoms with Gasteiger partial charge in [0.15, 0.2) is 0 Å². The monoisotopic (exact) mass is 286 g/mol. The first-order chi connectivity index (χ1) is 8.91. The first kappa shape index (κ1) is 14.0. The molecule has 7 heteroatoms. The highest BCUT2D eigenvalue weighted by Crippen LogP contribution is 2.26. The molecular weight excluding hydrogens is 271 g/mol. The summed E-state index contributed by atoms with van der Waals surface area (Å²) < 4.78 is 34.6. The summed E-state index contributed by atoms with van der Waals surface area (Å²) in [5, 5.41) is -1.26. The summed E-state index contributed by atoms with van der Waals surface area (Å²) >= 11 is 0. The third-order valence-electron chi connectivity index (χ3n) is 3.17. The predicted molar refractivity (Wildman–Crippen MR) is 70.0 cm³/mol. The SMILES string of the molecule is NCCc1ccc(N2CC(S(=O)(=O)F)CC2=O)cc1. The van der Waals surface area contributed by atoms with Crippen molar-refractivity contribution in [1.82, 2.24) is 0 Å². The fraction of sp³-hybridized carbons (Fsp3) is 0.417. The second-order valence-electron chi connectivity index (χ2n) is 4.51. The highest BCUT2D eigenvalue weighted by atomic mass is 32.3. The van der Waals surface area contributed by atoms with Crippen LogP contribution in [0.4, 0.5) is 9.57 Å². The summed E-state index contributed by atoms with van der Waals surface area (Å²) in [4.78, 5) is 13.0. The predicted octanol–water partition coefficient (Wildman–Crippen LogP) is 0.592. The molecule has 1 atom stereocenters. The highest BCUT2D eigenvalue weighted by molar-refractivity contribution is 7.87. The number of hydrogen-bond donors (Lipinski definition) is 1. The summed E-state index contributed by atoms with van der Waals surface area (Å²) in [6.45, 7) is 0.401. The Balaban J connectivity index is 2.16.